The van der Waals surface area contributed by atoms with Crippen molar-refractivity contribution in [1.29, 1.82) is 0 Å². The number of carboxylic acid groups (broad SMARTS) is 2. The molecular formula is C30H33FN8O6. The highest BCUT2D eigenvalue weighted by Gasteiger charge is 2.22. The fourth-order valence-corrected chi connectivity index (χ4v) is 4.85. The fourth-order valence-electron chi connectivity index (χ4n) is 4.85. The van der Waals surface area contributed by atoms with Crippen LogP contribution in [-0.2, 0) is 4.79 Å². The number of aryl methyl sites for hydroxylation is 1. The molecule has 0 saturated carbocycles. The number of ether oxygens (including phenoxy) is 1. The molecule has 0 radical (unpaired) electrons. The number of aromatic nitrogens is 4. The number of amides is 3. The molecule has 0 aliphatic rings. The zero-order valence-corrected chi connectivity index (χ0v) is 25.3. The Bertz CT molecular complexity index is 1780. The summed E-state index contributed by atoms with van der Waals surface area (Å²) in [7, 11) is 3.03. The molecule has 0 unspecified atom stereocenters. The summed E-state index contributed by atoms with van der Waals surface area (Å²) >= 11 is 0. The second-order valence-corrected chi connectivity index (χ2v) is 10.2. The van der Waals surface area contributed by atoms with Gasteiger partial charge in [-0.25, -0.2) is 33.8 Å². The predicted molar refractivity (Wildman–Crippen MR) is 167 cm³/mol. The summed E-state index contributed by atoms with van der Waals surface area (Å²) in [6.45, 7) is 8.90. The van der Waals surface area contributed by atoms with Gasteiger partial charge in [0.25, 0.3) is 0 Å². The second-order valence-electron chi connectivity index (χ2n) is 10.2. The summed E-state index contributed by atoms with van der Waals surface area (Å²) < 4.78 is 22.7. The van der Waals surface area contributed by atoms with Crippen LogP contribution < -0.4 is 20.3 Å². The van der Waals surface area contributed by atoms with Gasteiger partial charge in [-0.3, -0.25) is 4.79 Å². The molecule has 0 aliphatic carbocycles. The number of likely N-dealkylation sites (N-methyl/N-ethyl adjacent to an activating group) is 1. The first-order chi connectivity index (χ1) is 21.3. The van der Waals surface area contributed by atoms with Crippen LogP contribution in [-0.4, -0.2) is 80.0 Å². The lowest BCUT2D eigenvalue weighted by atomic mass is 10.1. The van der Waals surface area contributed by atoms with Gasteiger partial charge in [-0.15, -0.1) is 0 Å². The van der Waals surface area contributed by atoms with Crippen LogP contribution in [0.15, 0.2) is 49.2 Å². The molecule has 4 aromatic rings. The zero-order chi connectivity index (χ0) is 33.0. The van der Waals surface area contributed by atoms with Crippen molar-refractivity contribution in [2.24, 2.45) is 0 Å². The van der Waals surface area contributed by atoms with Crippen molar-refractivity contribution < 1.29 is 33.7 Å². The minimum absolute atomic E-state index is 0.0349. The number of hydrogen-bond donors (Lipinski definition) is 4. The average Bonchev–Trinajstić information content (AvgIpc) is 3.33. The topological polar surface area (TPSA) is 175 Å². The highest BCUT2D eigenvalue weighted by Crippen LogP contribution is 2.38. The monoisotopic (exact) mass is 620 g/mol. The molecule has 0 bridgehead atoms. The van der Waals surface area contributed by atoms with Gasteiger partial charge in [-0.2, -0.15) is 0 Å². The van der Waals surface area contributed by atoms with E-state index in [1.807, 2.05) is 31.4 Å². The quantitative estimate of drug-likeness (QED) is 0.156. The highest BCUT2D eigenvalue weighted by molar-refractivity contribution is 6.02. The van der Waals surface area contributed by atoms with E-state index in [1.54, 1.807) is 30.1 Å². The van der Waals surface area contributed by atoms with Gasteiger partial charge < -0.3 is 35.1 Å². The van der Waals surface area contributed by atoms with E-state index in [0.717, 1.165) is 6.08 Å². The normalized spacial score (nSPS) is 10.9. The number of imide groups is 1. The maximum absolute atomic E-state index is 15.1. The van der Waals surface area contributed by atoms with Crippen molar-refractivity contribution in [3.8, 4) is 17.0 Å². The van der Waals surface area contributed by atoms with Gasteiger partial charge in [0.1, 0.15) is 17.1 Å². The summed E-state index contributed by atoms with van der Waals surface area (Å²) in [5, 5.41) is 24.1. The van der Waals surface area contributed by atoms with Gasteiger partial charge >= 0.3 is 12.2 Å². The molecule has 2 aromatic heterocycles. The maximum Gasteiger partial charge on any atom is 0.416 e. The highest BCUT2D eigenvalue weighted by atomic mass is 19.1. The van der Waals surface area contributed by atoms with Crippen molar-refractivity contribution in [2.75, 3.05) is 42.8 Å². The molecule has 45 heavy (non-hydrogen) atoms. The Morgan fingerprint density at radius 2 is 1.82 bits per heavy atom. The maximum atomic E-state index is 15.1. The van der Waals surface area contributed by atoms with Gasteiger partial charge in [-0.1, -0.05) is 6.58 Å². The van der Waals surface area contributed by atoms with Crippen molar-refractivity contribution in [3.05, 3.63) is 60.8 Å². The Kier molecular flexibility index (Phi) is 9.50. The Hall–Kier alpha value is -5.73. The van der Waals surface area contributed by atoms with Crippen LogP contribution in [0.5, 0.6) is 5.75 Å². The third-order valence-corrected chi connectivity index (χ3v) is 6.93. The Morgan fingerprint density at radius 1 is 1.11 bits per heavy atom. The standard InChI is InChI=1S/C30H33FN8O6/c1-7-26(40)34-21-14-22(25(45-6)15-23(21)37(5)10-11-38(29(41)42)30(43)44)36-28-32-9-8-20(35-28)18-12-19(31)27-24(13-18)39(16(2)3)17(4)33-27/h7-9,12-16H,1,10-11H2,2-6H3,(H,34,40)(H,41,42)(H,43,44)(H,32,35,36). The molecule has 0 atom stereocenters. The molecule has 14 nitrogen and oxygen atoms in total. The molecule has 15 heteroatoms. The predicted octanol–water partition coefficient (Wildman–Crippen LogP) is 5.49. The number of fused-ring (bicyclic) bond motifs is 1. The second kappa shape index (κ2) is 13.3. The first-order valence-electron chi connectivity index (χ1n) is 13.7. The lowest BCUT2D eigenvalue weighted by molar-refractivity contribution is -0.111. The smallest absolute Gasteiger partial charge is 0.416 e. The molecule has 2 heterocycles. The van der Waals surface area contributed by atoms with Gasteiger partial charge in [0.2, 0.25) is 11.9 Å². The first kappa shape index (κ1) is 32.2. The number of nitrogens with one attached hydrogen (secondary N) is 2. The van der Waals surface area contributed by atoms with E-state index in [4.69, 9.17) is 4.74 Å². The zero-order valence-electron chi connectivity index (χ0n) is 25.3. The number of nitrogens with zero attached hydrogens (tertiary/aromatic N) is 6. The van der Waals surface area contributed by atoms with E-state index < -0.39 is 23.9 Å². The SMILES string of the molecule is C=CC(=O)Nc1cc(Nc2nccc(-c3cc(F)c4nc(C)n(C(C)C)c4c3)n2)c(OC)cc1N(C)CCN(C(=O)O)C(=O)O. The van der Waals surface area contributed by atoms with Crippen LogP contribution in [0.1, 0.15) is 25.7 Å². The van der Waals surface area contributed by atoms with E-state index in [9.17, 15) is 24.6 Å². The van der Waals surface area contributed by atoms with Crippen LogP contribution in [0.3, 0.4) is 0 Å². The Balaban J connectivity index is 1.70. The van der Waals surface area contributed by atoms with Gasteiger partial charge in [0.15, 0.2) is 5.82 Å². The van der Waals surface area contributed by atoms with Crippen molar-refractivity contribution >= 4 is 52.1 Å². The number of anilines is 4. The summed E-state index contributed by atoms with van der Waals surface area (Å²) in [5.41, 5.74) is 2.93. The van der Waals surface area contributed by atoms with Gasteiger partial charge in [0.05, 0.1) is 41.9 Å². The van der Waals surface area contributed by atoms with Crippen LogP contribution >= 0.6 is 0 Å². The van der Waals surface area contributed by atoms with Crippen molar-refractivity contribution in [2.45, 2.75) is 26.8 Å². The average molecular weight is 621 g/mol. The first-order valence-corrected chi connectivity index (χ1v) is 13.7. The molecule has 0 fully saturated rings. The molecule has 0 spiro atoms. The molecule has 4 rings (SSSR count). The van der Waals surface area contributed by atoms with Gasteiger partial charge in [-0.05, 0) is 51.1 Å². The molecule has 4 N–H and O–H groups in total. The number of hydrogen-bond acceptors (Lipinski definition) is 9. The van der Waals surface area contributed by atoms with E-state index in [2.05, 4.69) is 32.2 Å². The fraction of sp³-hybridized carbons (Fsp3) is 0.267. The van der Waals surface area contributed by atoms with Crippen LogP contribution in [0.4, 0.5) is 37.0 Å². The molecular weight excluding hydrogens is 587 g/mol. The lowest BCUT2D eigenvalue weighted by Crippen LogP contribution is -2.40. The van der Waals surface area contributed by atoms with Crippen molar-refractivity contribution in [1.82, 2.24) is 24.4 Å². The minimum atomic E-state index is -1.61. The minimum Gasteiger partial charge on any atom is -0.494 e. The van der Waals surface area contributed by atoms with Crippen LogP contribution in [0, 0.1) is 12.7 Å². The number of halogens is 1. The summed E-state index contributed by atoms with van der Waals surface area (Å²) in [5.74, 6) is 0.157. The number of benzene rings is 2. The summed E-state index contributed by atoms with van der Waals surface area (Å²) in [4.78, 5) is 49.9. The number of imidazole rings is 1. The number of carbonyl (C=O) groups excluding carboxylic acids is 1. The number of carbonyl (C=O) groups is 3. The largest absolute Gasteiger partial charge is 0.494 e. The molecule has 2 aromatic carbocycles. The molecule has 236 valence electrons. The number of methoxy groups -OCH3 is 1. The third-order valence-electron chi connectivity index (χ3n) is 6.93. The van der Waals surface area contributed by atoms with E-state index >= 15 is 4.39 Å². The Labute approximate surface area is 257 Å². The molecule has 0 aliphatic heterocycles. The van der Waals surface area contributed by atoms with E-state index in [-0.39, 0.29) is 41.2 Å². The Morgan fingerprint density at radius 3 is 2.44 bits per heavy atom. The molecule has 3 amide bonds. The third kappa shape index (κ3) is 6.92. The van der Waals surface area contributed by atoms with Crippen LogP contribution in [0.2, 0.25) is 0 Å². The van der Waals surface area contributed by atoms with Crippen LogP contribution in [0.25, 0.3) is 22.3 Å². The molecule has 0 saturated heterocycles. The lowest BCUT2D eigenvalue weighted by Gasteiger charge is -2.26. The van der Waals surface area contributed by atoms with E-state index in [0.29, 0.717) is 39.7 Å². The van der Waals surface area contributed by atoms with Gasteiger partial charge in [0, 0.05) is 37.5 Å². The van der Waals surface area contributed by atoms with Crippen molar-refractivity contribution in [3.63, 3.8) is 0 Å². The summed E-state index contributed by atoms with van der Waals surface area (Å²) in [6.07, 6.45) is -0.631. The number of rotatable bonds is 11. The van der Waals surface area contributed by atoms with E-state index in [1.165, 1.54) is 19.4 Å². The summed E-state index contributed by atoms with van der Waals surface area (Å²) in [6, 6.07) is 8.05.